The first-order valence-electron chi connectivity index (χ1n) is 14.9. The Hall–Kier alpha value is -0.0200. The summed E-state index contributed by atoms with van der Waals surface area (Å²) in [4.78, 5) is 14.4. The second-order valence-electron chi connectivity index (χ2n) is 14.7. The Morgan fingerprint density at radius 3 is 1.35 bits per heavy atom. The zero-order valence-corrected chi connectivity index (χ0v) is 24.2. The van der Waals surface area contributed by atoms with Crippen LogP contribution in [0.4, 0.5) is 0 Å². The maximum absolute atomic E-state index is 11.3. The normalized spacial score (nSPS) is 40.4. The minimum Gasteiger partial charge on any atom is -0.302 e. The second-order valence-corrected chi connectivity index (χ2v) is 16.2. The third-order valence-electron chi connectivity index (χ3n) is 10.6. The van der Waals surface area contributed by atoms with Gasteiger partial charge < -0.3 is 4.79 Å². The molecule has 0 aromatic carbocycles. The molecule has 4 aliphatic rings. The number of thioether (sulfide) groups is 1. The molecule has 34 heavy (non-hydrogen) atoms. The van der Waals surface area contributed by atoms with E-state index in [-0.39, 0.29) is 5.25 Å². The molecule has 3 heteroatoms. The van der Waals surface area contributed by atoms with E-state index in [9.17, 15) is 4.79 Å². The Labute approximate surface area is 216 Å². The molecule has 3 saturated carbocycles. The molecule has 3 aliphatic carbocycles. The maximum Gasteiger partial charge on any atom is 0.132 e. The molecular weight excluding hydrogens is 434 g/mol. The van der Waals surface area contributed by atoms with Gasteiger partial charge in [0, 0.05) is 23.4 Å². The summed E-state index contributed by atoms with van der Waals surface area (Å²) in [6, 6.07) is 2.48. The Kier molecular flexibility index (Phi) is 8.87. The summed E-state index contributed by atoms with van der Waals surface area (Å²) < 4.78 is 0. The summed E-state index contributed by atoms with van der Waals surface area (Å²) in [6.45, 7) is 14.8. The van der Waals surface area contributed by atoms with E-state index in [1.54, 1.807) is 0 Å². The topological polar surface area (TPSA) is 20.3 Å². The van der Waals surface area contributed by atoms with E-state index in [0.717, 1.165) is 47.6 Å². The first kappa shape index (κ1) is 27.0. The van der Waals surface area contributed by atoms with Gasteiger partial charge in [0.05, 0.1) is 5.25 Å². The van der Waals surface area contributed by atoms with Crippen LogP contribution in [0.3, 0.4) is 0 Å². The van der Waals surface area contributed by atoms with Crippen molar-refractivity contribution in [2.75, 3.05) is 0 Å². The molecule has 0 amide bonds. The minimum atomic E-state index is 0.287. The van der Waals surface area contributed by atoms with E-state index in [1.807, 2.05) is 11.8 Å². The van der Waals surface area contributed by atoms with Gasteiger partial charge in [0.1, 0.15) is 6.29 Å². The SMILES string of the molecule is CC(C)(C)C1CCC(N(C2CCC(C3CCC(C=O)S3)CC2)C2CCC(C(C)(C)C)CC2)CC1. The fourth-order valence-corrected chi connectivity index (χ4v) is 9.83. The summed E-state index contributed by atoms with van der Waals surface area (Å²) in [5, 5.41) is 1.05. The van der Waals surface area contributed by atoms with E-state index in [4.69, 9.17) is 0 Å². The molecule has 4 fully saturated rings. The largest absolute Gasteiger partial charge is 0.302 e. The number of aldehydes is 1. The van der Waals surface area contributed by atoms with E-state index < -0.39 is 0 Å². The zero-order chi connectivity index (χ0) is 24.5. The Balaban J connectivity index is 1.40. The first-order valence-corrected chi connectivity index (χ1v) is 15.9. The van der Waals surface area contributed by atoms with Gasteiger partial charge in [-0.15, -0.1) is 11.8 Å². The van der Waals surface area contributed by atoms with Crippen molar-refractivity contribution in [2.24, 2.45) is 28.6 Å². The average molecular weight is 490 g/mol. The molecule has 2 atom stereocenters. The number of hydrogen-bond donors (Lipinski definition) is 0. The molecule has 0 spiro atoms. The van der Waals surface area contributed by atoms with E-state index >= 15 is 0 Å². The van der Waals surface area contributed by atoms with Crippen LogP contribution in [-0.4, -0.2) is 39.8 Å². The summed E-state index contributed by atoms with van der Waals surface area (Å²) in [5.41, 5.74) is 0.938. The van der Waals surface area contributed by atoms with Gasteiger partial charge in [-0.05, 0) is 118 Å². The Bertz CT molecular complexity index is 605. The van der Waals surface area contributed by atoms with Crippen molar-refractivity contribution in [1.82, 2.24) is 4.90 Å². The van der Waals surface area contributed by atoms with Crippen molar-refractivity contribution in [3.8, 4) is 0 Å². The lowest BCUT2D eigenvalue weighted by Gasteiger charge is -2.51. The minimum absolute atomic E-state index is 0.287. The molecule has 2 nitrogen and oxygen atoms in total. The van der Waals surface area contributed by atoms with Crippen molar-refractivity contribution in [1.29, 1.82) is 0 Å². The van der Waals surface area contributed by atoms with Crippen molar-refractivity contribution in [3.05, 3.63) is 0 Å². The monoisotopic (exact) mass is 489 g/mol. The highest BCUT2D eigenvalue weighted by Crippen LogP contribution is 2.47. The van der Waals surface area contributed by atoms with Crippen LogP contribution in [0.25, 0.3) is 0 Å². The standard InChI is InChI=1S/C31H55NOS/c1-30(2,3)23-9-15-26(16-10-23)32(27-17-11-24(12-18-27)31(4,5)6)25-13-7-22(8-14-25)29-20-19-28(21-33)34-29/h21-29H,7-20H2,1-6H3. The highest BCUT2D eigenvalue weighted by atomic mass is 32.2. The van der Waals surface area contributed by atoms with Gasteiger partial charge in [0.2, 0.25) is 0 Å². The molecule has 1 saturated heterocycles. The van der Waals surface area contributed by atoms with Crippen LogP contribution in [-0.2, 0) is 4.79 Å². The predicted molar refractivity (Wildman–Crippen MR) is 148 cm³/mol. The highest BCUT2D eigenvalue weighted by Gasteiger charge is 2.42. The van der Waals surface area contributed by atoms with Gasteiger partial charge in [-0.1, -0.05) is 41.5 Å². The number of rotatable bonds is 5. The van der Waals surface area contributed by atoms with Gasteiger partial charge in [-0.2, -0.15) is 0 Å². The van der Waals surface area contributed by atoms with Crippen molar-refractivity contribution < 1.29 is 4.79 Å². The molecule has 0 aromatic rings. The van der Waals surface area contributed by atoms with E-state index in [0.29, 0.717) is 10.8 Å². The van der Waals surface area contributed by atoms with Gasteiger partial charge in [-0.3, -0.25) is 4.90 Å². The average Bonchev–Trinajstić information content (AvgIpc) is 3.29. The Morgan fingerprint density at radius 2 is 1.00 bits per heavy atom. The molecule has 0 radical (unpaired) electrons. The van der Waals surface area contributed by atoms with Gasteiger partial charge in [0.25, 0.3) is 0 Å². The van der Waals surface area contributed by atoms with E-state index in [2.05, 4.69) is 46.4 Å². The van der Waals surface area contributed by atoms with Crippen LogP contribution >= 0.6 is 11.8 Å². The summed E-state index contributed by atoms with van der Waals surface area (Å²) in [7, 11) is 0. The summed E-state index contributed by atoms with van der Waals surface area (Å²) >= 11 is 2.01. The lowest BCUT2D eigenvalue weighted by Crippen LogP contribution is -2.53. The third kappa shape index (κ3) is 6.45. The number of hydrogen-bond acceptors (Lipinski definition) is 3. The van der Waals surface area contributed by atoms with Crippen LogP contribution in [0.15, 0.2) is 0 Å². The smallest absolute Gasteiger partial charge is 0.132 e. The van der Waals surface area contributed by atoms with Crippen LogP contribution in [0.1, 0.15) is 131 Å². The highest BCUT2D eigenvalue weighted by molar-refractivity contribution is 8.01. The molecule has 1 heterocycles. The molecule has 196 valence electrons. The lowest BCUT2D eigenvalue weighted by molar-refractivity contribution is -0.107. The number of nitrogens with zero attached hydrogens (tertiary/aromatic N) is 1. The Morgan fingerprint density at radius 1 is 0.588 bits per heavy atom. The summed E-state index contributed by atoms with van der Waals surface area (Å²) in [6.07, 6.45) is 20.7. The zero-order valence-electron chi connectivity index (χ0n) is 23.4. The fourth-order valence-electron chi connectivity index (χ4n) is 8.28. The molecule has 1 aliphatic heterocycles. The van der Waals surface area contributed by atoms with Crippen molar-refractivity contribution >= 4 is 18.0 Å². The van der Waals surface area contributed by atoms with Crippen molar-refractivity contribution in [3.63, 3.8) is 0 Å². The quantitative estimate of drug-likeness (QED) is 0.361. The van der Waals surface area contributed by atoms with Crippen LogP contribution in [0.2, 0.25) is 0 Å². The number of carbonyl (C=O) groups excluding carboxylic acids is 1. The molecule has 0 N–H and O–H groups in total. The van der Waals surface area contributed by atoms with Crippen LogP contribution in [0, 0.1) is 28.6 Å². The van der Waals surface area contributed by atoms with Gasteiger partial charge in [-0.25, -0.2) is 0 Å². The molecule has 0 aromatic heterocycles. The van der Waals surface area contributed by atoms with Crippen LogP contribution in [0.5, 0.6) is 0 Å². The van der Waals surface area contributed by atoms with Crippen molar-refractivity contribution in [2.45, 2.75) is 160 Å². The first-order chi connectivity index (χ1) is 16.1. The maximum atomic E-state index is 11.3. The fraction of sp³-hybridized carbons (Fsp3) is 0.968. The second kappa shape index (κ2) is 11.2. The molecule has 4 rings (SSSR count). The number of carbonyl (C=O) groups is 1. The lowest BCUT2D eigenvalue weighted by atomic mass is 9.69. The van der Waals surface area contributed by atoms with Crippen LogP contribution < -0.4 is 0 Å². The van der Waals surface area contributed by atoms with E-state index in [1.165, 1.54) is 89.8 Å². The third-order valence-corrected chi connectivity index (χ3v) is 12.3. The molecular formula is C31H55NOS. The summed E-state index contributed by atoms with van der Waals surface area (Å²) in [5.74, 6) is 2.67. The molecule has 2 unspecified atom stereocenters. The van der Waals surface area contributed by atoms with Gasteiger partial charge in [0.15, 0.2) is 0 Å². The predicted octanol–water partition coefficient (Wildman–Crippen LogP) is 8.52. The molecule has 0 bridgehead atoms. The van der Waals surface area contributed by atoms with Gasteiger partial charge >= 0.3 is 0 Å².